The van der Waals surface area contributed by atoms with Crippen molar-refractivity contribution in [3.8, 4) is 11.4 Å². The van der Waals surface area contributed by atoms with Crippen LogP contribution in [0.2, 0.25) is 0 Å². The lowest BCUT2D eigenvalue weighted by Gasteiger charge is -2.33. The highest BCUT2D eigenvalue weighted by Gasteiger charge is 2.18. The number of pyridine rings is 1. The van der Waals surface area contributed by atoms with Crippen molar-refractivity contribution in [1.82, 2.24) is 19.9 Å². The first-order valence-electron chi connectivity index (χ1n) is 9.88. The van der Waals surface area contributed by atoms with Crippen molar-refractivity contribution < 1.29 is 0 Å². The number of hydrogen-bond acceptors (Lipinski definition) is 5. The van der Waals surface area contributed by atoms with Crippen LogP contribution in [0.1, 0.15) is 22.6 Å². The van der Waals surface area contributed by atoms with E-state index in [0.717, 1.165) is 61.3 Å². The molecule has 5 nitrogen and oxygen atoms in total. The van der Waals surface area contributed by atoms with Crippen molar-refractivity contribution in [2.24, 2.45) is 0 Å². The molecule has 0 spiro atoms. The number of hydrogen-bond donors (Lipinski definition) is 0. The molecule has 1 aromatic carbocycles. The zero-order chi connectivity index (χ0) is 19.5. The molecule has 5 heteroatoms. The van der Waals surface area contributed by atoms with E-state index in [1.54, 1.807) is 0 Å². The van der Waals surface area contributed by atoms with Crippen LogP contribution in [0, 0.1) is 13.8 Å². The van der Waals surface area contributed by atoms with Crippen LogP contribution in [0.4, 0.5) is 5.82 Å². The molecule has 0 unspecified atom stereocenters. The maximum absolute atomic E-state index is 4.92. The van der Waals surface area contributed by atoms with Crippen LogP contribution in [0.3, 0.4) is 0 Å². The van der Waals surface area contributed by atoms with Gasteiger partial charge in [0.25, 0.3) is 0 Å². The molecule has 1 fully saturated rings. The van der Waals surface area contributed by atoms with Crippen molar-refractivity contribution in [3.63, 3.8) is 0 Å². The first-order chi connectivity index (χ1) is 13.6. The molecule has 0 amide bonds. The summed E-state index contributed by atoms with van der Waals surface area (Å²) in [5, 5.41) is 0. The second kappa shape index (κ2) is 8.07. The molecule has 0 bridgehead atoms. The summed E-state index contributed by atoms with van der Waals surface area (Å²) in [6.07, 6.45) is 0.724. The number of aryl methyl sites for hydroxylation is 2. The third-order valence-corrected chi connectivity index (χ3v) is 5.18. The lowest BCUT2D eigenvalue weighted by atomic mass is 10.1. The average molecular weight is 374 g/mol. The predicted molar refractivity (Wildman–Crippen MR) is 114 cm³/mol. The Bertz CT molecular complexity index is 961. The van der Waals surface area contributed by atoms with Crippen LogP contribution in [0.25, 0.3) is 11.4 Å². The monoisotopic (exact) mass is 373 g/mol. The normalized spacial score (nSPS) is 15.0. The number of likely N-dealkylation sites (N-methyl/N-ethyl adjacent to an activating group) is 1. The largest absolute Gasteiger partial charge is 0.354 e. The average Bonchev–Trinajstić information content (AvgIpc) is 2.68. The van der Waals surface area contributed by atoms with Crippen molar-refractivity contribution in [1.29, 1.82) is 0 Å². The van der Waals surface area contributed by atoms with E-state index in [2.05, 4.69) is 59.1 Å². The van der Waals surface area contributed by atoms with E-state index in [1.807, 2.05) is 25.1 Å². The summed E-state index contributed by atoms with van der Waals surface area (Å²) >= 11 is 0. The van der Waals surface area contributed by atoms with Gasteiger partial charge in [-0.1, -0.05) is 35.9 Å². The Balaban J connectivity index is 1.72. The number of nitrogens with zero attached hydrogens (tertiary/aromatic N) is 5. The Hall–Kier alpha value is -2.79. The lowest BCUT2D eigenvalue weighted by molar-refractivity contribution is 0.312. The van der Waals surface area contributed by atoms with Gasteiger partial charge in [-0.05, 0) is 38.6 Å². The molecule has 1 aliphatic rings. The molecule has 2 aromatic heterocycles. The van der Waals surface area contributed by atoms with Gasteiger partial charge in [-0.3, -0.25) is 4.98 Å². The summed E-state index contributed by atoms with van der Waals surface area (Å²) in [5.74, 6) is 1.85. The van der Waals surface area contributed by atoms with E-state index in [-0.39, 0.29) is 0 Å². The Morgan fingerprint density at radius 2 is 1.61 bits per heavy atom. The molecular weight excluding hydrogens is 346 g/mol. The number of piperazine rings is 1. The second-order valence-corrected chi connectivity index (χ2v) is 7.65. The van der Waals surface area contributed by atoms with Gasteiger partial charge in [-0.15, -0.1) is 0 Å². The minimum Gasteiger partial charge on any atom is -0.354 e. The highest BCUT2D eigenvalue weighted by atomic mass is 15.3. The molecule has 3 aromatic rings. The summed E-state index contributed by atoms with van der Waals surface area (Å²) in [5.41, 5.74) is 5.29. The Morgan fingerprint density at radius 3 is 2.36 bits per heavy atom. The van der Waals surface area contributed by atoms with Gasteiger partial charge in [0.2, 0.25) is 0 Å². The fraction of sp³-hybridized carbons (Fsp3) is 0.348. The van der Waals surface area contributed by atoms with Gasteiger partial charge in [0.15, 0.2) is 0 Å². The topological polar surface area (TPSA) is 45.2 Å². The van der Waals surface area contributed by atoms with Crippen LogP contribution in [-0.2, 0) is 6.42 Å². The number of rotatable bonds is 4. The minimum atomic E-state index is 0.724. The summed E-state index contributed by atoms with van der Waals surface area (Å²) in [6, 6.07) is 16.7. The molecule has 0 saturated carbocycles. The van der Waals surface area contributed by atoms with Crippen molar-refractivity contribution in [3.05, 3.63) is 71.2 Å². The van der Waals surface area contributed by atoms with Crippen LogP contribution >= 0.6 is 0 Å². The Morgan fingerprint density at radius 1 is 0.821 bits per heavy atom. The highest BCUT2D eigenvalue weighted by molar-refractivity contribution is 5.59. The molecular formula is C23H27N5. The summed E-state index contributed by atoms with van der Waals surface area (Å²) < 4.78 is 0. The number of benzene rings is 1. The van der Waals surface area contributed by atoms with Crippen LogP contribution in [0.15, 0.2) is 48.5 Å². The molecule has 1 aliphatic heterocycles. The summed E-state index contributed by atoms with van der Waals surface area (Å²) in [4.78, 5) is 19.2. The summed E-state index contributed by atoms with van der Waals surface area (Å²) in [7, 11) is 2.17. The van der Waals surface area contributed by atoms with Gasteiger partial charge in [0.05, 0.1) is 11.4 Å². The van der Waals surface area contributed by atoms with E-state index < -0.39 is 0 Å². The molecule has 0 atom stereocenters. The molecule has 0 aliphatic carbocycles. The molecule has 144 valence electrons. The van der Waals surface area contributed by atoms with Crippen LogP contribution in [0.5, 0.6) is 0 Å². The molecule has 1 saturated heterocycles. The molecule has 28 heavy (non-hydrogen) atoms. The van der Waals surface area contributed by atoms with Gasteiger partial charge >= 0.3 is 0 Å². The maximum atomic E-state index is 4.92. The SMILES string of the molecule is Cc1cccc(Cc2nc(-c3cccc(C)n3)cc(N3CCN(C)CC3)n2)c1. The van der Waals surface area contributed by atoms with Gasteiger partial charge < -0.3 is 9.80 Å². The van der Waals surface area contributed by atoms with Gasteiger partial charge in [-0.25, -0.2) is 9.97 Å². The van der Waals surface area contributed by atoms with Crippen molar-refractivity contribution in [2.45, 2.75) is 20.3 Å². The predicted octanol–water partition coefficient (Wildman–Crippen LogP) is 3.50. The van der Waals surface area contributed by atoms with Gasteiger partial charge in [0.1, 0.15) is 11.6 Å². The molecule has 0 radical (unpaired) electrons. The van der Waals surface area contributed by atoms with E-state index >= 15 is 0 Å². The molecule has 4 rings (SSSR count). The first kappa shape index (κ1) is 18.6. The lowest BCUT2D eigenvalue weighted by Crippen LogP contribution is -2.44. The fourth-order valence-corrected chi connectivity index (χ4v) is 3.58. The van der Waals surface area contributed by atoms with E-state index in [1.165, 1.54) is 11.1 Å². The smallest absolute Gasteiger partial charge is 0.135 e. The second-order valence-electron chi connectivity index (χ2n) is 7.65. The maximum Gasteiger partial charge on any atom is 0.135 e. The molecule has 0 N–H and O–H groups in total. The standard InChI is InChI=1S/C23H27N5/c1-17-6-4-8-19(14-17)15-22-25-21(20-9-5-7-18(2)24-20)16-23(26-22)28-12-10-27(3)11-13-28/h4-9,14,16H,10-13,15H2,1-3H3. The third-order valence-electron chi connectivity index (χ3n) is 5.18. The Kier molecular flexibility index (Phi) is 5.35. The fourth-order valence-electron chi connectivity index (χ4n) is 3.58. The van der Waals surface area contributed by atoms with E-state index in [4.69, 9.17) is 9.97 Å². The van der Waals surface area contributed by atoms with Crippen LogP contribution < -0.4 is 4.90 Å². The zero-order valence-corrected chi connectivity index (χ0v) is 16.9. The van der Waals surface area contributed by atoms with Crippen LogP contribution in [-0.4, -0.2) is 53.1 Å². The Labute approximate surface area is 167 Å². The zero-order valence-electron chi connectivity index (χ0n) is 16.9. The van der Waals surface area contributed by atoms with Crippen molar-refractivity contribution >= 4 is 5.82 Å². The van der Waals surface area contributed by atoms with Crippen molar-refractivity contribution in [2.75, 3.05) is 38.1 Å². The molecule has 3 heterocycles. The first-order valence-corrected chi connectivity index (χ1v) is 9.88. The number of aromatic nitrogens is 3. The minimum absolute atomic E-state index is 0.724. The third kappa shape index (κ3) is 4.37. The quantitative estimate of drug-likeness (QED) is 0.700. The summed E-state index contributed by atoms with van der Waals surface area (Å²) in [6.45, 7) is 8.20. The van der Waals surface area contributed by atoms with E-state index in [0.29, 0.717) is 0 Å². The highest BCUT2D eigenvalue weighted by Crippen LogP contribution is 2.23. The van der Waals surface area contributed by atoms with Gasteiger partial charge in [-0.2, -0.15) is 0 Å². The van der Waals surface area contributed by atoms with E-state index in [9.17, 15) is 0 Å². The number of anilines is 1. The van der Waals surface area contributed by atoms with Gasteiger partial charge in [0, 0.05) is 44.4 Å².